The second-order valence-corrected chi connectivity index (χ2v) is 6.64. The molecule has 0 aliphatic heterocycles. The Labute approximate surface area is 133 Å². The van der Waals surface area contributed by atoms with Crippen molar-refractivity contribution in [3.63, 3.8) is 0 Å². The van der Waals surface area contributed by atoms with E-state index in [1.165, 1.54) is 11.1 Å². The summed E-state index contributed by atoms with van der Waals surface area (Å²) in [6, 6.07) is 0. The van der Waals surface area contributed by atoms with E-state index in [0.717, 1.165) is 25.0 Å². The number of thioether (sulfide) groups is 1. The molecule has 2 N–H and O–H groups in total. The standard InChI is InChI=1S/C17H30O3S/c1-14(5-4-6-15(2)9-10-18)7-8-17(20)16(3)13-21-12-11-19/h5,9,16,18-19H,4,6-8,10-13H2,1-3H3/b14-5+,15-9-. The quantitative estimate of drug-likeness (QED) is 0.428. The van der Waals surface area contributed by atoms with Crippen LogP contribution in [-0.2, 0) is 4.79 Å². The fourth-order valence-electron chi connectivity index (χ4n) is 1.89. The van der Waals surface area contributed by atoms with Gasteiger partial charge in [0.15, 0.2) is 0 Å². The van der Waals surface area contributed by atoms with Crippen molar-refractivity contribution in [1.82, 2.24) is 0 Å². The number of hydrogen-bond acceptors (Lipinski definition) is 4. The van der Waals surface area contributed by atoms with Crippen LogP contribution in [0, 0.1) is 5.92 Å². The number of ketones is 1. The summed E-state index contributed by atoms with van der Waals surface area (Å²) in [5.41, 5.74) is 2.46. The van der Waals surface area contributed by atoms with Crippen LogP contribution < -0.4 is 0 Å². The molecule has 0 aliphatic rings. The van der Waals surface area contributed by atoms with Crippen LogP contribution in [0.5, 0.6) is 0 Å². The highest BCUT2D eigenvalue weighted by molar-refractivity contribution is 7.99. The predicted octanol–water partition coefficient (Wildman–Crippen LogP) is 3.36. The summed E-state index contributed by atoms with van der Waals surface area (Å²) < 4.78 is 0. The lowest BCUT2D eigenvalue weighted by Crippen LogP contribution is -2.13. The lowest BCUT2D eigenvalue weighted by Gasteiger charge is -2.10. The summed E-state index contributed by atoms with van der Waals surface area (Å²) in [4.78, 5) is 12.0. The van der Waals surface area contributed by atoms with Crippen LogP contribution in [0.15, 0.2) is 23.3 Å². The van der Waals surface area contributed by atoms with E-state index in [2.05, 4.69) is 13.0 Å². The Hall–Kier alpha value is -0.580. The first-order valence-corrected chi connectivity index (χ1v) is 8.80. The molecule has 0 bridgehead atoms. The zero-order chi connectivity index (χ0) is 16.1. The van der Waals surface area contributed by atoms with E-state index in [9.17, 15) is 4.79 Å². The summed E-state index contributed by atoms with van der Waals surface area (Å²) in [6.45, 7) is 6.35. The van der Waals surface area contributed by atoms with Crippen molar-refractivity contribution in [3.8, 4) is 0 Å². The first-order chi connectivity index (χ1) is 10.0. The maximum absolute atomic E-state index is 12.0. The fraction of sp³-hybridized carbons (Fsp3) is 0.706. The highest BCUT2D eigenvalue weighted by atomic mass is 32.2. The smallest absolute Gasteiger partial charge is 0.136 e. The average molecular weight is 314 g/mol. The number of rotatable bonds is 12. The zero-order valence-corrected chi connectivity index (χ0v) is 14.4. The zero-order valence-electron chi connectivity index (χ0n) is 13.6. The minimum Gasteiger partial charge on any atom is -0.396 e. The van der Waals surface area contributed by atoms with Crippen molar-refractivity contribution in [2.45, 2.75) is 46.5 Å². The van der Waals surface area contributed by atoms with Crippen LogP contribution in [-0.4, -0.2) is 40.7 Å². The summed E-state index contributed by atoms with van der Waals surface area (Å²) in [6.07, 6.45) is 7.38. The largest absolute Gasteiger partial charge is 0.396 e. The van der Waals surface area contributed by atoms with Crippen molar-refractivity contribution in [2.24, 2.45) is 5.92 Å². The van der Waals surface area contributed by atoms with Gasteiger partial charge in [-0.1, -0.05) is 30.2 Å². The second-order valence-electron chi connectivity index (χ2n) is 5.49. The van der Waals surface area contributed by atoms with E-state index >= 15 is 0 Å². The third-order valence-corrected chi connectivity index (χ3v) is 4.60. The molecule has 0 aromatic carbocycles. The molecule has 0 amide bonds. The Morgan fingerprint density at radius 3 is 2.38 bits per heavy atom. The molecule has 0 aromatic heterocycles. The Morgan fingerprint density at radius 2 is 1.76 bits per heavy atom. The van der Waals surface area contributed by atoms with Crippen LogP contribution in [0.2, 0.25) is 0 Å². The Bertz CT molecular complexity index is 348. The summed E-state index contributed by atoms with van der Waals surface area (Å²) >= 11 is 1.63. The number of carbonyl (C=O) groups is 1. The topological polar surface area (TPSA) is 57.5 Å². The van der Waals surface area contributed by atoms with E-state index in [-0.39, 0.29) is 19.1 Å². The van der Waals surface area contributed by atoms with Gasteiger partial charge in [-0.2, -0.15) is 11.8 Å². The van der Waals surface area contributed by atoms with Gasteiger partial charge in [-0.05, 0) is 33.1 Å². The summed E-state index contributed by atoms with van der Waals surface area (Å²) in [5, 5.41) is 17.5. The minimum atomic E-state index is 0.0732. The normalized spacial score (nSPS) is 14.3. The fourth-order valence-corrected chi connectivity index (χ4v) is 2.73. The highest BCUT2D eigenvalue weighted by Gasteiger charge is 2.12. The lowest BCUT2D eigenvalue weighted by molar-refractivity contribution is -0.121. The summed E-state index contributed by atoms with van der Waals surface area (Å²) in [5.74, 6) is 1.89. The van der Waals surface area contributed by atoms with Crippen molar-refractivity contribution in [3.05, 3.63) is 23.3 Å². The molecule has 122 valence electrons. The van der Waals surface area contributed by atoms with Gasteiger partial charge in [-0.3, -0.25) is 4.79 Å². The number of allylic oxidation sites excluding steroid dienone is 3. The monoisotopic (exact) mass is 314 g/mol. The van der Waals surface area contributed by atoms with Gasteiger partial charge >= 0.3 is 0 Å². The average Bonchev–Trinajstić information content (AvgIpc) is 2.45. The van der Waals surface area contributed by atoms with E-state index < -0.39 is 0 Å². The Balaban J connectivity index is 3.92. The van der Waals surface area contributed by atoms with Crippen molar-refractivity contribution in [1.29, 1.82) is 0 Å². The van der Waals surface area contributed by atoms with Crippen molar-refractivity contribution < 1.29 is 15.0 Å². The molecule has 0 aliphatic carbocycles. The molecule has 0 aromatic rings. The Morgan fingerprint density at radius 1 is 1.10 bits per heavy atom. The molecule has 4 heteroatoms. The molecular weight excluding hydrogens is 284 g/mol. The predicted molar refractivity (Wildman–Crippen MR) is 91.6 cm³/mol. The van der Waals surface area contributed by atoms with Crippen LogP contribution in [0.1, 0.15) is 46.5 Å². The maximum atomic E-state index is 12.0. The molecule has 0 heterocycles. The number of carbonyl (C=O) groups excluding carboxylic acids is 1. The van der Waals surface area contributed by atoms with Crippen LogP contribution in [0.25, 0.3) is 0 Å². The van der Waals surface area contributed by atoms with Gasteiger partial charge in [0.1, 0.15) is 5.78 Å². The van der Waals surface area contributed by atoms with Gasteiger partial charge in [0.25, 0.3) is 0 Å². The minimum absolute atomic E-state index is 0.0732. The summed E-state index contributed by atoms with van der Waals surface area (Å²) in [7, 11) is 0. The second kappa shape index (κ2) is 13.1. The number of aliphatic hydroxyl groups is 2. The third-order valence-electron chi connectivity index (χ3n) is 3.39. The molecule has 0 radical (unpaired) electrons. The molecule has 0 fully saturated rings. The SMILES string of the molecule is C/C(=C/CO)CC/C=C(\C)CCC(=O)C(C)CSCCO. The Kier molecular flexibility index (Phi) is 12.7. The van der Waals surface area contributed by atoms with Gasteiger partial charge in [0, 0.05) is 23.8 Å². The molecule has 1 atom stereocenters. The molecule has 1 unspecified atom stereocenters. The highest BCUT2D eigenvalue weighted by Crippen LogP contribution is 2.15. The molecule has 0 spiro atoms. The van der Waals surface area contributed by atoms with Gasteiger partial charge in [-0.25, -0.2) is 0 Å². The number of Topliss-reactive ketones (excluding diaryl/α,β-unsaturated/α-hetero) is 1. The van der Waals surface area contributed by atoms with E-state index in [1.54, 1.807) is 11.8 Å². The van der Waals surface area contributed by atoms with Gasteiger partial charge in [-0.15, -0.1) is 0 Å². The molecule has 0 rings (SSSR count). The maximum Gasteiger partial charge on any atom is 0.136 e. The molecule has 21 heavy (non-hydrogen) atoms. The number of aliphatic hydroxyl groups excluding tert-OH is 2. The van der Waals surface area contributed by atoms with E-state index in [4.69, 9.17) is 10.2 Å². The molecule has 0 saturated carbocycles. The van der Waals surface area contributed by atoms with Crippen LogP contribution in [0.4, 0.5) is 0 Å². The van der Waals surface area contributed by atoms with E-state index in [0.29, 0.717) is 18.0 Å². The van der Waals surface area contributed by atoms with Crippen LogP contribution in [0.3, 0.4) is 0 Å². The lowest BCUT2D eigenvalue weighted by atomic mass is 10.0. The first kappa shape index (κ1) is 20.4. The third kappa shape index (κ3) is 11.7. The van der Waals surface area contributed by atoms with Crippen LogP contribution >= 0.6 is 11.8 Å². The molecular formula is C17H30O3S. The first-order valence-electron chi connectivity index (χ1n) is 7.64. The van der Waals surface area contributed by atoms with Gasteiger partial charge in [0.2, 0.25) is 0 Å². The van der Waals surface area contributed by atoms with E-state index in [1.807, 2.05) is 19.9 Å². The van der Waals surface area contributed by atoms with Crippen molar-refractivity contribution >= 4 is 17.5 Å². The number of hydrogen-bond donors (Lipinski definition) is 2. The van der Waals surface area contributed by atoms with Gasteiger partial charge < -0.3 is 10.2 Å². The molecule has 0 saturated heterocycles. The van der Waals surface area contributed by atoms with Gasteiger partial charge in [0.05, 0.1) is 13.2 Å². The van der Waals surface area contributed by atoms with Crippen molar-refractivity contribution in [2.75, 3.05) is 24.7 Å². The molecule has 3 nitrogen and oxygen atoms in total.